The first-order valence-electron chi connectivity index (χ1n) is 13.3. The number of carboxylic acids is 1. The molecular weight excluding hydrogens is 584 g/mol. The minimum absolute atomic E-state index is 0.0287. The Balaban J connectivity index is 2.02. The predicted octanol–water partition coefficient (Wildman–Crippen LogP) is 6.70. The second kappa shape index (κ2) is 11.9. The average molecular weight is 620 g/mol. The molecule has 0 saturated heterocycles. The van der Waals surface area contributed by atoms with Crippen molar-refractivity contribution >= 4 is 47.1 Å². The van der Waals surface area contributed by atoms with Gasteiger partial charge in [-0.25, -0.2) is 0 Å². The summed E-state index contributed by atoms with van der Waals surface area (Å²) in [5.74, 6) is -3.66. The fraction of sp³-hybridized carbons (Fsp3) is 0.607. The van der Waals surface area contributed by atoms with Gasteiger partial charge in [0.05, 0.1) is 34.8 Å². The van der Waals surface area contributed by atoms with E-state index in [1.807, 2.05) is 0 Å². The molecule has 0 spiro atoms. The summed E-state index contributed by atoms with van der Waals surface area (Å²) in [5, 5.41) is 13.9. The highest BCUT2D eigenvalue weighted by atomic mass is 35.5. The van der Waals surface area contributed by atoms with E-state index in [1.54, 1.807) is 41.5 Å². The molecule has 3 rings (SSSR count). The summed E-state index contributed by atoms with van der Waals surface area (Å²) in [6, 6.07) is -0.762. The summed E-state index contributed by atoms with van der Waals surface area (Å²) in [6.45, 7) is 9.72. The van der Waals surface area contributed by atoms with Gasteiger partial charge in [0.15, 0.2) is 11.5 Å². The van der Waals surface area contributed by atoms with Crippen molar-refractivity contribution in [3.05, 3.63) is 39.3 Å². The molecule has 0 radical (unpaired) electrons. The minimum Gasteiger partial charge on any atom is -0.481 e. The quantitative estimate of drug-likeness (QED) is 0.366. The average Bonchev–Trinajstić information content (AvgIpc) is 3.22. The van der Waals surface area contributed by atoms with Crippen LogP contribution < -0.4 is 0 Å². The number of hydrogen-bond acceptors (Lipinski definition) is 5. The van der Waals surface area contributed by atoms with Gasteiger partial charge in [-0.3, -0.25) is 24.1 Å². The van der Waals surface area contributed by atoms with Crippen LogP contribution in [0.15, 0.2) is 33.0 Å². The molecule has 1 N–H and O–H groups in total. The molecule has 226 valence electrons. The first-order chi connectivity index (χ1) is 18.8. The van der Waals surface area contributed by atoms with Crippen LogP contribution >= 0.6 is 23.2 Å². The van der Waals surface area contributed by atoms with Crippen molar-refractivity contribution in [3.8, 4) is 0 Å². The van der Waals surface area contributed by atoms with E-state index in [0.29, 0.717) is 0 Å². The molecule has 2 aliphatic rings. The van der Waals surface area contributed by atoms with Gasteiger partial charge in [-0.1, -0.05) is 57.8 Å². The summed E-state index contributed by atoms with van der Waals surface area (Å²) in [4.78, 5) is 44.0. The van der Waals surface area contributed by atoms with Crippen LogP contribution in [-0.2, 0) is 15.8 Å². The van der Waals surface area contributed by atoms with Gasteiger partial charge >= 0.3 is 12.1 Å². The predicted molar refractivity (Wildman–Crippen MR) is 150 cm³/mol. The SMILES string of the molecule is C[C@H]1C(Cl)=CN=CC(Cl)=C1C(=O)CN(CC(C)(C)C)C(=O)c1cnn([C@H]2CC[C@](C)(C(=O)O)C[C@H]2C)c1C(F)(F)F. The summed E-state index contributed by atoms with van der Waals surface area (Å²) in [5.41, 5.74) is -3.43. The molecule has 0 unspecified atom stereocenters. The molecule has 1 aromatic rings. The molecule has 2 heterocycles. The summed E-state index contributed by atoms with van der Waals surface area (Å²) in [6.07, 6.45) is -0.986. The van der Waals surface area contributed by atoms with E-state index in [1.165, 1.54) is 12.4 Å². The van der Waals surface area contributed by atoms with Crippen molar-refractivity contribution < 1.29 is 32.7 Å². The topological polar surface area (TPSA) is 105 Å². The van der Waals surface area contributed by atoms with E-state index >= 15 is 0 Å². The third-order valence-corrected chi connectivity index (χ3v) is 8.35. The number of allylic oxidation sites excluding steroid dienone is 2. The zero-order valence-electron chi connectivity index (χ0n) is 23.9. The highest BCUT2D eigenvalue weighted by Crippen LogP contribution is 2.46. The number of hydrogen-bond donors (Lipinski definition) is 1. The normalized spacial score (nSPS) is 25.5. The Bertz CT molecular complexity index is 1310. The van der Waals surface area contributed by atoms with Gasteiger partial charge in [0.25, 0.3) is 5.91 Å². The lowest BCUT2D eigenvalue weighted by molar-refractivity contribution is -0.153. The van der Waals surface area contributed by atoms with Crippen LogP contribution in [0.5, 0.6) is 0 Å². The fourth-order valence-corrected chi connectivity index (χ4v) is 6.08. The number of aliphatic carboxylic acids is 1. The monoisotopic (exact) mass is 618 g/mol. The molecular formula is C28H35Cl2F3N4O4. The molecule has 8 nitrogen and oxygen atoms in total. The molecule has 13 heteroatoms. The van der Waals surface area contributed by atoms with Crippen molar-refractivity contribution in [2.24, 2.45) is 27.7 Å². The lowest BCUT2D eigenvalue weighted by atomic mass is 9.69. The number of alkyl halides is 3. The van der Waals surface area contributed by atoms with Crippen LogP contribution in [0.1, 0.15) is 82.9 Å². The maximum atomic E-state index is 14.6. The number of aliphatic imine (C=N–C) groups is 1. The third kappa shape index (κ3) is 7.23. The molecule has 0 aromatic carbocycles. The number of rotatable bonds is 7. The first kappa shape index (κ1) is 32.8. The molecule has 1 aliphatic carbocycles. The Morgan fingerprint density at radius 1 is 1.20 bits per heavy atom. The Morgan fingerprint density at radius 3 is 2.37 bits per heavy atom. The van der Waals surface area contributed by atoms with E-state index in [9.17, 15) is 32.7 Å². The number of carbonyl (C=O) groups excluding carboxylic acids is 2. The number of ketones is 1. The number of nitrogens with zero attached hydrogens (tertiary/aromatic N) is 4. The highest BCUT2D eigenvalue weighted by Gasteiger charge is 2.47. The Hall–Kier alpha value is -2.66. The largest absolute Gasteiger partial charge is 0.481 e. The minimum atomic E-state index is -4.94. The number of carboxylic acid groups (broad SMARTS) is 1. The fourth-order valence-electron chi connectivity index (χ4n) is 5.59. The van der Waals surface area contributed by atoms with Crippen LogP contribution in [0.2, 0.25) is 0 Å². The van der Waals surface area contributed by atoms with Crippen molar-refractivity contribution in [1.82, 2.24) is 14.7 Å². The molecule has 1 aromatic heterocycles. The Kier molecular flexibility index (Phi) is 9.54. The first-order valence-corrected chi connectivity index (χ1v) is 14.0. The van der Waals surface area contributed by atoms with Crippen LogP contribution in [-0.4, -0.2) is 56.8 Å². The standard InChI is InChI=1S/C28H35Cl2F3N4O4/c1-15-9-27(6,25(40)41)8-7-20(15)37-23(28(31,32)33)17(10-35-37)24(39)36(14-26(3,4)5)13-21(38)22-16(2)18(29)11-34-12-19(22)30/h10-12,15-16,20H,7-9,13-14H2,1-6H3,(H,40,41)/t15-,16+,20+,27+/m1/s1. The smallest absolute Gasteiger partial charge is 0.433 e. The van der Waals surface area contributed by atoms with Gasteiger partial charge < -0.3 is 10.0 Å². The molecule has 4 atom stereocenters. The van der Waals surface area contributed by atoms with Crippen LogP contribution in [0, 0.1) is 22.7 Å². The van der Waals surface area contributed by atoms with Crippen molar-refractivity contribution in [1.29, 1.82) is 0 Å². The van der Waals surface area contributed by atoms with Gasteiger partial charge in [-0.05, 0) is 37.5 Å². The second-order valence-electron chi connectivity index (χ2n) is 12.4. The number of amides is 1. The van der Waals surface area contributed by atoms with E-state index < -0.39 is 70.3 Å². The zero-order valence-corrected chi connectivity index (χ0v) is 25.4. The van der Waals surface area contributed by atoms with E-state index in [-0.39, 0.29) is 41.4 Å². The number of carbonyl (C=O) groups is 3. The maximum absolute atomic E-state index is 14.6. The van der Waals surface area contributed by atoms with E-state index in [0.717, 1.165) is 15.8 Å². The van der Waals surface area contributed by atoms with Gasteiger partial charge in [-0.2, -0.15) is 18.3 Å². The summed E-state index contributed by atoms with van der Waals surface area (Å²) < 4.78 is 44.5. The van der Waals surface area contributed by atoms with Gasteiger partial charge in [-0.15, -0.1) is 0 Å². The molecule has 1 aliphatic heterocycles. The molecule has 1 fully saturated rings. The maximum Gasteiger partial charge on any atom is 0.433 e. The van der Waals surface area contributed by atoms with Crippen LogP contribution in [0.3, 0.4) is 0 Å². The second-order valence-corrected chi connectivity index (χ2v) is 13.3. The van der Waals surface area contributed by atoms with Crippen LogP contribution in [0.4, 0.5) is 13.2 Å². The van der Waals surface area contributed by atoms with Gasteiger partial charge in [0, 0.05) is 35.5 Å². The van der Waals surface area contributed by atoms with Crippen molar-refractivity contribution in [2.45, 2.75) is 73.0 Å². The van der Waals surface area contributed by atoms with Gasteiger partial charge in [0.1, 0.15) is 0 Å². The Morgan fingerprint density at radius 2 is 1.83 bits per heavy atom. The number of aromatic nitrogens is 2. The van der Waals surface area contributed by atoms with Gasteiger partial charge in [0.2, 0.25) is 0 Å². The highest BCUT2D eigenvalue weighted by molar-refractivity contribution is 6.42. The molecule has 1 saturated carbocycles. The molecule has 0 bridgehead atoms. The summed E-state index contributed by atoms with van der Waals surface area (Å²) in [7, 11) is 0. The molecule has 1 amide bonds. The van der Waals surface area contributed by atoms with E-state index in [4.69, 9.17) is 23.2 Å². The van der Waals surface area contributed by atoms with E-state index in [2.05, 4.69) is 10.1 Å². The third-order valence-electron chi connectivity index (χ3n) is 7.62. The van der Waals surface area contributed by atoms with Crippen molar-refractivity contribution in [2.75, 3.05) is 13.1 Å². The Labute approximate surface area is 247 Å². The summed E-state index contributed by atoms with van der Waals surface area (Å²) >= 11 is 12.5. The molecule has 41 heavy (non-hydrogen) atoms. The lowest BCUT2D eigenvalue weighted by Gasteiger charge is -2.39. The number of Topliss-reactive ketones (excluding diaryl/α,β-unsaturated/α-hetero) is 1. The van der Waals surface area contributed by atoms with Crippen LogP contribution in [0.25, 0.3) is 0 Å². The lowest BCUT2D eigenvalue weighted by Crippen LogP contribution is -2.43. The zero-order chi connectivity index (χ0) is 31.1. The number of halogens is 5. The van der Waals surface area contributed by atoms with Crippen molar-refractivity contribution in [3.63, 3.8) is 0 Å².